The molecule has 4 nitrogen and oxygen atoms in total. The Labute approximate surface area is 122 Å². The van der Waals surface area contributed by atoms with Crippen LogP contribution in [0.1, 0.15) is 64.2 Å². The Hall–Kier alpha value is -0.610. The minimum atomic E-state index is 0.213. The molecule has 1 saturated carbocycles. The van der Waals surface area contributed by atoms with Crippen LogP contribution >= 0.6 is 0 Å². The third-order valence-corrected chi connectivity index (χ3v) is 4.81. The van der Waals surface area contributed by atoms with Crippen molar-refractivity contribution in [2.45, 2.75) is 76.3 Å². The van der Waals surface area contributed by atoms with E-state index in [1.165, 1.54) is 38.5 Å². The van der Waals surface area contributed by atoms with Crippen molar-refractivity contribution in [3.05, 3.63) is 0 Å². The molecule has 1 aliphatic carbocycles. The number of nitrogens with one attached hydrogen (secondary N) is 1. The van der Waals surface area contributed by atoms with Crippen molar-refractivity contribution in [1.29, 1.82) is 0 Å². The van der Waals surface area contributed by atoms with Crippen LogP contribution in [0.3, 0.4) is 0 Å². The molecule has 0 aromatic rings. The quantitative estimate of drug-likeness (QED) is 0.784. The van der Waals surface area contributed by atoms with Crippen molar-refractivity contribution in [1.82, 2.24) is 10.2 Å². The van der Waals surface area contributed by atoms with Gasteiger partial charge in [-0.15, -0.1) is 0 Å². The Morgan fingerprint density at radius 3 is 2.60 bits per heavy atom. The predicted octanol–water partition coefficient (Wildman–Crippen LogP) is 2.06. The number of rotatable bonds is 6. The summed E-state index contributed by atoms with van der Waals surface area (Å²) in [5, 5.41) is 12.3. The number of hydrogen-bond donors (Lipinski definition) is 2. The average molecular weight is 282 g/mol. The van der Waals surface area contributed by atoms with Crippen LogP contribution in [0, 0.1) is 0 Å². The lowest BCUT2D eigenvalue weighted by atomic mass is 9.95. The Morgan fingerprint density at radius 2 is 1.85 bits per heavy atom. The number of piperidine rings is 1. The Kier molecular flexibility index (Phi) is 6.80. The van der Waals surface area contributed by atoms with Gasteiger partial charge in [0.15, 0.2) is 0 Å². The Morgan fingerprint density at radius 1 is 1.10 bits per heavy atom. The minimum Gasteiger partial charge on any atom is -0.396 e. The molecule has 1 saturated heterocycles. The molecule has 1 atom stereocenters. The Bertz CT molecular complexity index is 288. The first-order valence-corrected chi connectivity index (χ1v) is 8.44. The van der Waals surface area contributed by atoms with E-state index in [9.17, 15) is 4.79 Å². The summed E-state index contributed by atoms with van der Waals surface area (Å²) in [4.78, 5) is 14.4. The van der Waals surface area contributed by atoms with E-state index in [0.717, 1.165) is 32.4 Å². The molecule has 2 N–H and O–H groups in total. The maximum Gasteiger partial charge on any atom is 0.221 e. The topological polar surface area (TPSA) is 52.6 Å². The second-order valence-corrected chi connectivity index (χ2v) is 6.35. The number of aliphatic hydroxyl groups is 1. The first kappa shape index (κ1) is 15.8. The largest absolute Gasteiger partial charge is 0.396 e. The van der Waals surface area contributed by atoms with E-state index >= 15 is 0 Å². The highest BCUT2D eigenvalue weighted by Gasteiger charge is 2.22. The lowest BCUT2D eigenvalue weighted by Crippen LogP contribution is -2.43. The van der Waals surface area contributed by atoms with Crippen LogP contribution in [0.5, 0.6) is 0 Å². The lowest BCUT2D eigenvalue weighted by Gasteiger charge is -2.35. The fraction of sp³-hybridized carbons (Fsp3) is 0.938. The van der Waals surface area contributed by atoms with Crippen LogP contribution in [0.4, 0.5) is 0 Å². The smallest absolute Gasteiger partial charge is 0.221 e. The number of amides is 1. The highest BCUT2D eigenvalue weighted by Crippen LogP contribution is 2.20. The van der Waals surface area contributed by atoms with Crippen molar-refractivity contribution in [3.63, 3.8) is 0 Å². The molecular weight excluding hydrogens is 252 g/mol. The van der Waals surface area contributed by atoms with E-state index in [-0.39, 0.29) is 12.5 Å². The van der Waals surface area contributed by atoms with Gasteiger partial charge >= 0.3 is 0 Å². The number of nitrogens with zero attached hydrogens (tertiary/aromatic N) is 1. The normalized spacial score (nSPS) is 25.6. The molecule has 2 rings (SSSR count). The van der Waals surface area contributed by atoms with E-state index < -0.39 is 0 Å². The number of likely N-dealkylation sites (tertiary alicyclic amines) is 1. The summed E-state index contributed by atoms with van der Waals surface area (Å²) in [7, 11) is 0. The maximum atomic E-state index is 12.0. The van der Waals surface area contributed by atoms with E-state index in [4.69, 9.17) is 5.11 Å². The highest BCUT2D eigenvalue weighted by molar-refractivity contribution is 5.76. The number of hydrogen-bond acceptors (Lipinski definition) is 3. The van der Waals surface area contributed by atoms with Crippen LogP contribution in [0.15, 0.2) is 0 Å². The molecule has 0 spiro atoms. The molecule has 0 aromatic carbocycles. The molecule has 2 fully saturated rings. The summed E-state index contributed by atoms with van der Waals surface area (Å²) in [6, 6.07) is 0.905. The van der Waals surface area contributed by atoms with Crippen molar-refractivity contribution in [2.24, 2.45) is 0 Å². The molecule has 1 unspecified atom stereocenters. The summed E-state index contributed by atoms with van der Waals surface area (Å²) in [5.74, 6) is 0.213. The van der Waals surface area contributed by atoms with Crippen molar-refractivity contribution in [2.75, 3.05) is 19.7 Å². The fourth-order valence-electron chi connectivity index (χ4n) is 3.62. The summed E-state index contributed by atoms with van der Waals surface area (Å²) in [5.41, 5.74) is 0. The third-order valence-electron chi connectivity index (χ3n) is 4.81. The lowest BCUT2D eigenvalue weighted by molar-refractivity contribution is -0.122. The monoisotopic (exact) mass is 282 g/mol. The molecule has 0 aromatic heterocycles. The second kappa shape index (κ2) is 8.63. The molecule has 20 heavy (non-hydrogen) atoms. The predicted molar refractivity (Wildman–Crippen MR) is 80.5 cm³/mol. The van der Waals surface area contributed by atoms with E-state index in [0.29, 0.717) is 18.5 Å². The molecular formula is C16H30N2O2. The SMILES string of the molecule is O=C(CCN1CCCCC1CCO)NC1CCCCC1. The van der Waals surface area contributed by atoms with Crippen molar-refractivity contribution < 1.29 is 9.90 Å². The number of carbonyl (C=O) groups is 1. The summed E-state index contributed by atoms with van der Waals surface area (Å²) < 4.78 is 0. The van der Waals surface area contributed by atoms with Gasteiger partial charge in [0.2, 0.25) is 5.91 Å². The fourth-order valence-corrected chi connectivity index (χ4v) is 3.62. The number of aliphatic hydroxyl groups excluding tert-OH is 1. The summed E-state index contributed by atoms with van der Waals surface area (Å²) in [6.07, 6.45) is 11.3. The van der Waals surface area contributed by atoms with Crippen molar-refractivity contribution in [3.8, 4) is 0 Å². The third kappa shape index (κ3) is 5.06. The van der Waals surface area contributed by atoms with Gasteiger partial charge in [0.25, 0.3) is 0 Å². The first-order valence-electron chi connectivity index (χ1n) is 8.44. The minimum absolute atomic E-state index is 0.213. The second-order valence-electron chi connectivity index (χ2n) is 6.35. The van der Waals surface area contributed by atoms with Gasteiger partial charge in [-0.25, -0.2) is 0 Å². The van der Waals surface area contributed by atoms with E-state index in [2.05, 4.69) is 10.2 Å². The highest BCUT2D eigenvalue weighted by atomic mass is 16.3. The van der Waals surface area contributed by atoms with E-state index in [1.54, 1.807) is 0 Å². The zero-order valence-electron chi connectivity index (χ0n) is 12.6. The van der Waals surface area contributed by atoms with E-state index in [1.807, 2.05) is 0 Å². The zero-order chi connectivity index (χ0) is 14.2. The standard InChI is InChI=1S/C16H30N2O2/c19-13-10-15-8-4-5-11-18(15)12-9-16(20)17-14-6-2-1-3-7-14/h14-15,19H,1-13H2,(H,17,20). The molecule has 1 heterocycles. The summed E-state index contributed by atoms with van der Waals surface area (Å²) in [6.45, 7) is 2.19. The molecule has 116 valence electrons. The van der Waals surface area contributed by atoms with Gasteiger partial charge in [-0.1, -0.05) is 25.7 Å². The van der Waals surface area contributed by atoms with Crippen LogP contribution in [-0.4, -0.2) is 47.7 Å². The Balaban J connectivity index is 1.68. The van der Waals surface area contributed by atoms with Crippen LogP contribution in [0.25, 0.3) is 0 Å². The van der Waals surface area contributed by atoms with Crippen molar-refractivity contribution >= 4 is 5.91 Å². The molecule has 1 aliphatic heterocycles. The van der Waals surface area contributed by atoms with Crippen LogP contribution in [0.2, 0.25) is 0 Å². The first-order chi connectivity index (χ1) is 9.79. The maximum absolute atomic E-state index is 12.0. The van der Waals surface area contributed by atoms with Gasteiger partial charge in [-0.2, -0.15) is 0 Å². The van der Waals surface area contributed by atoms with Gasteiger partial charge in [-0.05, 0) is 38.6 Å². The summed E-state index contributed by atoms with van der Waals surface area (Å²) >= 11 is 0. The molecule has 1 amide bonds. The molecule has 0 bridgehead atoms. The molecule has 2 aliphatic rings. The molecule has 4 heteroatoms. The number of carbonyl (C=O) groups excluding carboxylic acids is 1. The van der Waals surface area contributed by atoms with Gasteiger partial charge in [-0.3, -0.25) is 9.69 Å². The average Bonchev–Trinajstić information content (AvgIpc) is 2.48. The molecule has 0 radical (unpaired) electrons. The van der Waals surface area contributed by atoms with Gasteiger partial charge in [0, 0.05) is 31.7 Å². The van der Waals surface area contributed by atoms with Crippen LogP contribution < -0.4 is 5.32 Å². The van der Waals surface area contributed by atoms with Gasteiger partial charge in [0.1, 0.15) is 0 Å². The van der Waals surface area contributed by atoms with Gasteiger partial charge < -0.3 is 10.4 Å². The van der Waals surface area contributed by atoms with Crippen LogP contribution in [-0.2, 0) is 4.79 Å². The van der Waals surface area contributed by atoms with Gasteiger partial charge in [0.05, 0.1) is 0 Å². The zero-order valence-corrected chi connectivity index (χ0v) is 12.6.